The van der Waals surface area contributed by atoms with Crippen LogP contribution in [0.5, 0.6) is 0 Å². The maximum Gasteiger partial charge on any atom is 0.106 e. The van der Waals surface area contributed by atoms with E-state index in [0.29, 0.717) is 6.54 Å². The van der Waals surface area contributed by atoms with Crippen LogP contribution < -0.4 is 5.73 Å². The van der Waals surface area contributed by atoms with Gasteiger partial charge >= 0.3 is 0 Å². The molecule has 0 atom stereocenters. The van der Waals surface area contributed by atoms with Crippen LogP contribution in [0, 0.1) is 0 Å². The highest BCUT2D eigenvalue weighted by Gasteiger charge is 1.81. The normalized spacial score (nSPS) is 7.70. The van der Waals surface area contributed by atoms with E-state index in [1.165, 1.54) is 0 Å². The summed E-state index contributed by atoms with van der Waals surface area (Å²) in [5.74, 6) is 0. The van der Waals surface area contributed by atoms with Gasteiger partial charge in [0.25, 0.3) is 0 Å². The van der Waals surface area contributed by atoms with Crippen LogP contribution in [0.1, 0.15) is 5.56 Å². The fourth-order valence-electron chi connectivity index (χ4n) is 0.519. The van der Waals surface area contributed by atoms with E-state index < -0.39 is 0 Å². The van der Waals surface area contributed by atoms with Gasteiger partial charge in [-0.1, -0.05) is 6.07 Å². The van der Waals surface area contributed by atoms with Crippen molar-refractivity contribution in [3.05, 3.63) is 30.1 Å². The van der Waals surface area contributed by atoms with Gasteiger partial charge in [-0.05, 0) is 11.6 Å². The molecule has 0 aliphatic heterocycles. The Hall–Kier alpha value is -1.22. The van der Waals surface area contributed by atoms with Crippen LogP contribution in [-0.2, 0) is 11.3 Å². The lowest BCUT2D eigenvalue weighted by atomic mass is 10.3. The van der Waals surface area contributed by atoms with E-state index in [2.05, 4.69) is 4.98 Å². The Bertz CT molecular complexity index is 165. The van der Waals surface area contributed by atoms with Crippen molar-refractivity contribution < 1.29 is 4.79 Å². The molecule has 0 aliphatic carbocycles. The number of hydrogen-bond donors (Lipinski definition) is 1. The first-order valence-corrected chi connectivity index (χ1v) is 2.81. The van der Waals surface area contributed by atoms with Gasteiger partial charge in [0.1, 0.15) is 6.79 Å². The van der Waals surface area contributed by atoms with Crippen LogP contribution in [0.3, 0.4) is 0 Å². The molecular formula is C7H10N2O. The van der Waals surface area contributed by atoms with Crippen molar-refractivity contribution in [3.8, 4) is 0 Å². The first-order chi connectivity index (χ1) is 4.93. The van der Waals surface area contributed by atoms with E-state index in [-0.39, 0.29) is 0 Å². The number of rotatable bonds is 1. The molecule has 1 heterocycles. The molecule has 2 N–H and O–H groups in total. The van der Waals surface area contributed by atoms with E-state index >= 15 is 0 Å². The largest absolute Gasteiger partial charge is 0.326 e. The highest BCUT2D eigenvalue weighted by atomic mass is 16.1. The predicted molar refractivity (Wildman–Crippen MR) is 39.2 cm³/mol. The smallest absolute Gasteiger partial charge is 0.106 e. The van der Waals surface area contributed by atoms with Crippen LogP contribution in [0.2, 0.25) is 0 Å². The summed E-state index contributed by atoms with van der Waals surface area (Å²) in [6, 6.07) is 3.83. The summed E-state index contributed by atoms with van der Waals surface area (Å²) < 4.78 is 0. The molecule has 0 unspecified atom stereocenters. The second-order valence-corrected chi connectivity index (χ2v) is 1.57. The molecule has 0 aliphatic rings. The summed E-state index contributed by atoms with van der Waals surface area (Å²) >= 11 is 0. The van der Waals surface area contributed by atoms with E-state index in [1.54, 1.807) is 12.4 Å². The number of nitrogens with zero attached hydrogens (tertiary/aromatic N) is 1. The maximum atomic E-state index is 8.00. The van der Waals surface area contributed by atoms with Gasteiger partial charge in [0.15, 0.2) is 0 Å². The molecule has 54 valence electrons. The SMILES string of the molecule is C=O.NCc1cccnc1. The Morgan fingerprint density at radius 1 is 1.60 bits per heavy atom. The van der Waals surface area contributed by atoms with Crippen molar-refractivity contribution >= 4 is 6.79 Å². The lowest BCUT2D eigenvalue weighted by molar-refractivity contribution is -0.0979. The van der Waals surface area contributed by atoms with Crippen LogP contribution in [0.4, 0.5) is 0 Å². The van der Waals surface area contributed by atoms with Gasteiger partial charge in [-0.3, -0.25) is 4.98 Å². The molecule has 0 bridgehead atoms. The van der Waals surface area contributed by atoms with Crippen LogP contribution in [-0.4, -0.2) is 11.8 Å². The monoisotopic (exact) mass is 138 g/mol. The topological polar surface area (TPSA) is 56.0 Å². The van der Waals surface area contributed by atoms with E-state index in [4.69, 9.17) is 10.5 Å². The summed E-state index contributed by atoms with van der Waals surface area (Å²) in [6.45, 7) is 2.58. The van der Waals surface area contributed by atoms with Crippen molar-refractivity contribution in [2.45, 2.75) is 6.54 Å². The predicted octanol–water partition coefficient (Wildman–Crippen LogP) is 0.355. The van der Waals surface area contributed by atoms with Crippen LogP contribution >= 0.6 is 0 Å². The average Bonchev–Trinajstić information content (AvgIpc) is 2.10. The Kier molecular flexibility index (Phi) is 5.19. The molecule has 0 amide bonds. The minimum atomic E-state index is 0.577. The molecule has 3 nitrogen and oxygen atoms in total. The Labute approximate surface area is 59.9 Å². The summed E-state index contributed by atoms with van der Waals surface area (Å²) in [7, 11) is 0. The lowest BCUT2D eigenvalue weighted by Crippen LogP contribution is -1.95. The molecule has 10 heavy (non-hydrogen) atoms. The van der Waals surface area contributed by atoms with Gasteiger partial charge < -0.3 is 10.5 Å². The third kappa shape index (κ3) is 2.94. The Morgan fingerprint density at radius 2 is 2.30 bits per heavy atom. The van der Waals surface area contributed by atoms with E-state index in [9.17, 15) is 0 Å². The summed E-state index contributed by atoms with van der Waals surface area (Å²) in [6.07, 6.45) is 3.50. The highest BCUT2D eigenvalue weighted by Crippen LogP contribution is 1.90. The third-order valence-electron chi connectivity index (χ3n) is 0.958. The highest BCUT2D eigenvalue weighted by molar-refractivity contribution is 5.11. The number of aromatic nitrogens is 1. The number of nitrogens with two attached hydrogens (primary N) is 1. The lowest BCUT2D eigenvalue weighted by Gasteiger charge is -1.89. The molecule has 1 aromatic rings. The minimum Gasteiger partial charge on any atom is -0.326 e. The number of carbonyl (C=O) groups is 1. The Morgan fingerprint density at radius 3 is 2.60 bits per heavy atom. The standard InChI is InChI=1S/C6H8N2.CH2O/c7-4-6-2-1-3-8-5-6;1-2/h1-3,5H,4,7H2;1H2. The first-order valence-electron chi connectivity index (χ1n) is 2.81. The first kappa shape index (κ1) is 8.78. The fourth-order valence-corrected chi connectivity index (χ4v) is 0.519. The molecule has 1 aromatic heterocycles. The number of carbonyl (C=O) groups excluding carboxylic acids is 1. The molecule has 0 aromatic carbocycles. The van der Waals surface area contributed by atoms with Gasteiger partial charge in [0.05, 0.1) is 0 Å². The summed E-state index contributed by atoms with van der Waals surface area (Å²) in [5.41, 5.74) is 6.39. The minimum absolute atomic E-state index is 0.577. The van der Waals surface area contributed by atoms with Gasteiger partial charge in [0, 0.05) is 18.9 Å². The number of hydrogen-bond acceptors (Lipinski definition) is 3. The zero-order chi connectivity index (χ0) is 7.82. The van der Waals surface area contributed by atoms with Gasteiger partial charge in [-0.15, -0.1) is 0 Å². The van der Waals surface area contributed by atoms with Crippen molar-refractivity contribution in [2.75, 3.05) is 0 Å². The fraction of sp³-hybridized carbons (Fsp3) is 0.143. The number of pyridine rings is 1. The second-order valence-electron chi connectivity index (χ2n) is 1.57. The molecule has 0 fully saturated rings. The van der Waals surface area contributed by atoms with Gasteiger partial charge in [-0.2, -0.15) is 0 Å². The van der Waals surface area contributed by atoms with Crippen molar-refractivity contribution in [1.29, 1.82) is 0 Å². The van der Waals surface area contributed by atoms with E-state index in [1.807, 2.05) is 18.9 Å². The zero-order valence-electron chi connectivity index (χ0n) is 5.66. The summed E-state index contributed by atoms with van der Waals surface area (Å²) in [5, 5.41) is 0. The quantitative estimate of drug-likeness (QED) is 0.609. The maximum absolute atomic E-state index is 8.00. The molecule has 0 saturated carbocycles. The third-order valence-corrected chi connectivity index (χ3v) is 0.958. The van der Waals surface area contributed by atoms with Crippen molar-refractivity contribution in [2.24, 2.45) is 5.73 Å². The molecule has 0 radical (unpaired) electrons. The second kappa shape index (κ2) is 5.91. The van der Waals surface area contributed by atoms with Gasteiger partial charge in [0.2, 0.25) is 0 Å². The van der Waals surface area contributed by atoms with E-state index in [0.717, 1.165) is 5.56 Å². The molecule has 3 heteroatoms. The molecular weight excluding hydrogens is 128 g/mol. The average molecular weight is 138 g/mol. The molecule has 0 saturated heterocycles. The Balaban J connectivity index is 0.000000371. The van der Waals surface area contributed by atoms with Crippen LogP contribution in [0.15, 0.2) is 24.5 Å². The van der Waals surface area contributed by atoms with Crippen molar-refractivity contribution in [3.63, 3.8) is 0 Å². The van der Waals surface area contributed by atoms with Crippen molar-refractivity contribution in [1.82, 2.24) is 4.98 Å². The van der Waals surface area contributed by atoms with Gasteiger partial charge in [-0.25, -0.2) is 0 Å². The van der Waals surface area contributed by atoms with Crippen LogP contribution in [0.25, 0.3) is 0 Å². The molecule has 1 rings (SSSR count). The zero-order valence-corrected chi connectivity index (χ0v) is 5.66. The summed E-state index contributed by atoms with van der Waals surface area (Å²) in [4.78, 5) is 11.9. The molecule has 0 spiro atoms.